The average Bonchev–Trinajstić information content (AvgIpc) is 2.37. The standard InChI is InChI=1S/C16H27N3/c1-13-4-6-14(7-5-13)10-15(17)11-16-12-18(2)8-9-19(16)3/h4-7,15-16H,8-12,17H2,1-3H3. The quantitative estimate of drug-likeness (QED) is 0.891. The highest BCUT2D eigenvalue weighted by molar-refractivity contribution is 5.22. The van der Waals surface area contributed by atoms with Crippen LogP contribution in [0.5, 0.6) is 0 Å². The second kappa shape index (κ2) is 6.51. The van der Waals surface area contributed by atoms with Crippen LogP contribution < -0.4 is 5.73 Å². The molecular weight excluding hydrogens is 234 g/mol. The van der Waals surface area contributed by atoms with E-state index in [0.717, 1.165) is 25.9 Å². The van der Waals surface area contributed by atoms with Crippen molar-refractivity contribution in [1.82, 2.24) is 9.80 Å². The second-order valence-electron chi connectivity index (χ2n) is 6.08. The maximum Gasteiger partial charge on any atom is 0.0235 e. The first-order valence-electron chi connectivity index (χ1n) is 7.24. The minimum absolute atomic E-state index is 0.252. The fraction of sp³-hybridized carbons (Fsp3) is 0.625. The first-order valence-corrected chi connectivity index (χ1v) is 7.24. The van der Waals surface area contributed by atoms with Gasteiger partial charge in [0.1, 0.15) is 0 Å². The maximum atomic E-state index is 6.34. The van der Waals surface area contributed by atoms with Gasteiger partial charge in [0.2, 0.25) is 0 Å². The summed E-state index contributed by atoms with van der Waals surface area (Å²) in [6, 6.07) is 9.59. The Bertz CT molecular complexity index is 387. The lowest BCUT2D eigenvalue weighted by Crippen LogP contribution is -2.51. The van der Waals surface area contributed by atoms with Crippen LogP contribution in [-0.4, -0.2) is 55.6 Å². The summed E-state index contributed by atoms with van der Waals surface area (Å²) in [6.07, 6.45) is 2.06. The molecule has 3 heteroatoms. The van der Waals surface area contributed by atoms with Crippen LogP contribution in [0.3, 0.4) is 0 Å². The predicted molar refractivity (Wildman–Crippen MR) is 81.4 cm³/mol. The normalized spacial score (nSPS) is 23.5. The van der Waals surface area contributed by atoms with Gasteiger partial charge in [-0.05, 0) is 39.4 Å². The highest BCUT2D eigenvalue weighted by Crippen LogP contribution is 2.14. The molecule has 0 bridgehead atoms. The minimum atomic E-state index is 0.252. The van der Waals surface area contributed by atoms with E-state index in [0.29, 0.717) is 6.04 Å². The van der Waals surface area contributed by atoms with Gasteiger partial charge in [0.25, 0.3) is 0 Å². The Kier molecular flexibility index (Phi) is 4.97. The third-order valence-electron chi connectivity index (χ3n) is 4.17. The van der Waals surface area contributed by atoms with E-state index in [1.807, 2.05) is 0 Å². The summed E-state index contributed by atoms with van der Waals surface area (Å²) in [5.41, 5.74) is 9.00. The fourth-order valence-electron chi connectivity index (χ4n) is 2.82. The summed E-state index contributed by atoms with van der Waals surface area (Å²) in [5.74, 6) is 0. The van der Waals surface area contributed by atoms with Gasteiger partial charge in [-0.15, -0.1) is 0 Å². The van der Waals surface area contributed by atoms with Crippen LogP contribution in [0.1, 0.15) is 17.5 Å². The number of piperazine rings is 1. The number of benzene rings is 1. The van der Waals surface area contributed by atoms with Gasteiger partial charge in [0.15, 0.2) is 0 Å². The van der Waals surface area contributed by atoms with Crippen LogP contribution in [0.2, 0.25) is 0 Å². The van der Waals surface area contributed by atoms with E-state index >= 15 is 0 Å². The molecule has 1 aliphatic rings. The number of rotatable bonds is 4. The molecule has 2 atom stereocenters. The van der Waals surface area contributed by atoms with Gasteiger partial charge in [0, 0.05) is 31.7 Å². The zero-order valence-electron chi connectivity index (χ0n) is 12.5. The first-order chi connectivity index (χ1) is 9.04. The Morgan fingerprint density at radius 2 is 1.89 bits per heavy atom. The van der Waals surface area contributed by atoms with E-state index in [2.05, 4.69) is 55.1 Å². The minimum Gasteiger partial charge on any atom is -0.327 e. The van der Waals surface area contributed by atoms with Crippen molar-refractivity contribution < 1.29 is 0 Å². The SMILES string of the molecule is Cc1ccc(CC(N)CC2CN(C)CCN2C)cc1. The predicted octanol–water partition coefficient (Wildman–Crippen LogP) is 1.50. The molecule has 2 unspecified atom stereocenters. The molecule has 0 radical (unpaired) electrons. The van der Waals surface area contributed by atoms with E-state index in [1.165, 1.54) is 17.7 Å². The number of hydrogen-bond acceptors (Lipinski definition) is 3. The van der Waals surface area contributed by atoms with Crippen molar-refractivity contribution in [3.05, 3.63) is 35.4 Å². The lowest BCUT2D eigenvalue weighted by atomic mass is 9.97. The molecule has 1 heterocycles. The van der Waals surface area contributed by atoms with Crippen molar-refractivity contribution in [3.8, 4) is 0 Å². The van der Waals surface area contributed by atoms with Gasteiger partial charge in [-0.2, -0.15) is 0 Å². The van der Waals surface area contributed by atoms with Gasteiger partial charge < -0.3 is 15.5 Å². The molecule has 1 aliphatic heterocycles. The molecule has 1 aromatic rings. The van der Waals surface area contributed by atoms with Gasteiger partial charge >= 0.3 is 0 Å². The third-order valence-corrected chi connectivity index (χ3v) is 4.17. The molecule has 0 aliphatic carbocycles. The molecule has 1 aromatic carbocycles. The van der Waals surface area contributed by atoms with Crippen LogP contribution in [0.15, 0.2) is 24.3 Å². The van der Waals surface area contributed by atoms with Crippen molar-refractivity contribution in [1.29, 1.82) is 0 Å². The van der Waals surface area contributed by atoms with Crippen molar-refractivity contribution in [2.24, 2.45) is 5.73 Å². The molecule has 1 saturated heterocycles. The molecule has 2 rings (SSSR count). The Balaban J connectivity index is 1.86. The van der Waals surface area contributed by atoms with Crippen LogP contribution in [0, 0.1) is 6.92 Å². The van der Waals surface area contributed by atoms with Crippen molar-refractivity contribution in [3.63, 3.8) is 0 Å². The summed E-state index contributed by atoms with van der Waals surface area (Å²) >= 11 is 0. The summed E-state index contributed by atoms with van der Waals surface area (Å²) in [5, 5.41) is 0. The Labute approximate surface area is 117 Å². The van der Waals surface area contributed by atoms with Crippen LogP contribution >= 0.6 is 0 Å². The molecule has 0 aromatic heterocycles. The molecule has 0 amide bonds. The Morgan fingerprint density at radius 1 is 1.21 bits per heavy atom. The van der Waals surface area contributed by atoms with E-state index in [9.17, 15) is 0 Å². The summed E-state index contributed by atoms with van der Waals surface area (Å²) in [6.45, 7) is 5.58. The van der Waals surface area contributed by atoms with Crippen molar-refractivity contribution >= 4 is 0 Å². The van der Waals surface area contributed by atoms with Gasteiger partial charge in [-0.1, -0.05) is 29.8 Å². The number of aryl methyl sites for hydroxylation is 1. The summed E-state index contributed by atoms with van der Waals surface area (Å²) in [4.78, 5) is 4.86. The second-order valence-corrected chi connectivity index (χ2v) is 6.08. The van der Waals surface area contributed by atoms with Gasteiger partial charge in [0.05, 0.1) is 0 Å². The van der Waals surface area contributed by atoms with E-state index in [4.69, 9.17) is 5.73 Å². The molecule has 0 spiro atoms. The van der Waals surface area contributed by atoms with Gasteiger partial charge in [-0.25, -0.2) is 0 Å². The van der Waals surface area contributed by atoms with Crippen LogP contribution in [0.25, 0.3) is 0 Å². The maximum absolute atomic E-state index is 6.34. The number of nitrogens with two attached hydrogens (primary N) is 1. The molecule has 106 valence electrons. The largest absolute Gasteiger partial charge is 0.327 e. The monoisotopic (exact) mass is 261 g/mol. The van der Waals surface area contributed by atoms with Crippen molar-refractivity contribution in [2.45, 2.75) is 31.8 Å². The van der Waals surface area contributed by atoms with E-state index in [-0.39, 0.29) is 6.04 Å². The molecule has 1 fully saturated rings. The third kappa shape index (κ3) is 4.30. The fourth-order valence-corrected chi connectivity index (χ4v) is 2.82. The van der Waals surface area contributed by atoms with Crippen LogP contribution in [0.4, 0.5) is 0 Å². The molecule has 0 saturated carbocycles. The van der Waals surface area contributed by atoms with Crippen LogP contribution in [-0.2, 0) is 6.42 Å². The number of hydrogen-bond donors (Lipinski definition) is 1. The number of likely N-dealkylation sites (N-methyl/N-ethyl adjacent to an activating group) is 2. The van der Waals surface area contributed by atoms with Gasteiger partial charge in [-0.3, -0.25) is 0 Å². The van der Waals surface area contributed by atoms with E-state index in [1.54, 1.807) is 0 Å². The molecule has 19 heavy (non-hydrogen) atoms. The van der Waals surface area contributed by atoms with Crippen molar-refractivity contribution in [2.75, 3.05) is 33.7 Å². The highest BCUT2D eigenvalue weighted by atomic mass is 15.3. The zero-order chi connectivity index (χ0) is 13.8. The molecule has 3 nitrogen and oxygen atoms in total. The van der Waals surface area contributed by atoms with E-state index < -0.39 is 0 Å². The number of nitrogens with zero attached hydrogens (tertiary/aromatic N) is 2. The Hall–Kier alpha value is -0.900. The summed E-state index contributed by atoms with van der Waals surface area (Å²) < 4.78 is 0. The average molecular weight is 261 g/mol. The molecule has 2 N–H and O–H groups in total. The highest BCUT2D eigenvalue weighted by Gasteiger charge is 2.23. The topological polar surface area (TPSA) is 32.5 Å². The molecular formula is C16H27N3. The Morgan fingerprint density at radius 3 is 2.58 bits per heavy atom. The lowest BCUT2D eigenvalue weighted by Gasteiger charge is -2.38. The first kappa shape index (κ1) is 14.5. The lowest BCUT2D eigenvalue weighted by molar-refractivity contribution is 0.104. The summed E-state index contributed by atoms with van der Waals surface area (Å²) in [7, 11) is 4.42. The zero-order valence-corrected chi connectivity index (χ0v) is 12.5. The smallest absolute Gasteiger partial charge is 0.0235 e.